The number of halogens is 1. The van der Waals surface area contributed by atoms with E-state index in [-0.39, 0.29) is 0 Å². The SMILES string of the molecule is C#CCC(CC)c1ccc(Br)s1. The first-order chi connectivity index (χ1) is 5.77. The van der Waals surface area contributed by atoms with E-state index >= 15 is 0 Å². The van der Waals surface area contributed by atoms with Crippen LogP contribution in [0, 0.1) is 12.3 Å². The van der Waals surface area contributed by atoms with Crippen LogP contribution in [0.15, 0.2) is 15.9 Å². The number of rotatable bonds is 3. The summed E-state index contributed by atoms with van der Waals surface area (Å²) in [5.74, 6) is 3.27. The molecule has 1 rings (SSSR count). The smallest absolute Gasteiger partial charge is 0.0701 e. The molecule has 1 heterocycles. The second-order valence-corrected chi connectivity index (χ2v) is 5.15. The summed E-state index contributed by atoms with van der Waals surface area (Å²) in [4.78, 5) is 1.39. The van der Waals surface area contributed by atoms with Gasteiger partial charge < -0.3 is 0 Å². The molecule has 0 nitrogen and oxygen atoms in total. The lowest BCUT2D eigenvalue weighted by molar-refractivity contribution is 0.698. The Morgan fingerprint density at radius 1 is 1.67 bits per heavy atom. The predicted molar refractivity (Wildman–Crippen MR) is 58.5 cm³/mol. The van der Waals surface area contributed by atoms with Crippen LogP contribution in [0.2, 0.25) is 0 Å². The number of terminal acetylenes is 1. The molecule has 0 N–H and O–H groups in total. The van der Waals surface area contributed by atoms with Gasteiger partial charge in [-0.2, -0.15) is 0 Å². The van der Waals surface area contributed by atoms with E-state index in [2.05, 4.69) is 40.9 Å². The third kappa shape index (κ3) is 2.36. The fourth-order valence-electron chi connectivity index (χ4n) is 1.14. The maximum absolute atomic E-state index is 5.29. The van der Waals surface area contributed by atoms with Gasteiger partial charge in [-0.3, -0.25) is 0 Å². The lowest BCUT2D eigenvalue weighted by atomic mass is 10.0. The summed E-state index contributed by atoms with van der Waals surface area (Å²) in [7, 11) is 0. The monoisotopic (exact) mass is 242 g/mol. The van der Waals surface area contributed by atoms with Crippen molar-refractivity contribution in [2.24, 2.45) is 0 Å². The Bertz CT molecular complexity index is 282. The third-order valence-corrected chi connectivity index (χ3v) is 3.64. The van der Waals surface area contributed by atoms with Crippen LogP contribution in [0.1, 0.15) is 30.6 Å². The van der Waals surface area contributed by atoms with Crippen LogP contribution in [-0.2, 0) is 0 Å². The zero-order valence-corrected chi connectivity index (χ0v) is 9.41. The van der Waals surface area contributed by atoms with Crippen LogP contribution in [0.25, 0.3) is 0 Å². The molecule has 1 aromatic rings. The van der Waals surface area contributed by atoms with Crippen molar-refractivity contribution in [3.8, 4) is 12.3 Å². The second kappa shape index (κ2) is 4.69. The molecule has 0 radical (unpaired) electrons. The van der Waals surface area contributed by atoms with Crippen molar-refractivity contribution in [1.29, 1.82) is 0 Å². The molecular weight excluding hydrogens is 232 g/mol. The zero-order valence-electron chi connectivity index (χ0n) is 7.01. The van der Waals surface area contributed by atoms with Gasteiger partial charge in [0.2, 0.25) is 0 Å². The first-order valence-corrected chi connectivity index (χ1v) is 5.57. The van der Waals surface area contributed by atoms with E-state index in [1.807, 2.05) is 0 Å². The van der Waals surface area contributed by atoms with Gasteiger partial charge in [0.1, 0.15) is 0 Å². The van der Waals surface area contributed by atoms with E-state index in [1.165, 1.54) is 8.66 Å². The molecule has 0 amide bonds. The van der Waals surface area contributed by atoms with E-state index < -0.39 is 0 Å². The highest BCUT2D eigenvalue weighted by Crippen LogP contribution is 2.31. The molecule has 1 unspecified atom stereocenters. The largest absolute Gasteiger partial charge is 0.133 e. The molecule has 12 heavy (non-hydrogen) atoms. The van der Waals surface area contributed by atoms with Crippen molar-refractivity contribution < 1.29 is 0 Å². The summed E-state index contributed by atoms with van der Waals surface area (Å²) in [6, 6.07) is 4.24. The highest BCUT2D eigenvalue weighted by atomic mass is 79.9. The van der Waals surface area contributed by atoms with Crippen molar-refractivity contribution in [3.63, 3.8) is 0 Å². The molecule has 0 saturated carbocycles. The molecule has 1 atom stereocenters. The molecule has 0 saturated heterocycles. The molecule has 64 valence electrons. The van der Waals surface area contributed by atoms with Crippen molar-refractivity contribution in [2.45, 2.75) is 25.7 Å². The van der Waals surface area contributed by atoms with Crippen molar-refractivity contribution in [2.75, 3.05) is 0 Å². The van der Waals surface area contributed by atoms with E-state index in [9.17, 15) is 0 Å². The third-order valence-electron chi connectivity index (χ3n) is 1.85. The van der Waals surface area contributed by atoms with E-state index in [4.69, 9.17) is 6.42 Å². The van der Waals surface area contributed by atoms with Gasteiger partial charge in [-0.15, -0.1) is 23.7 Å². The quantitative estimate of drug-likeness (QED) is 0.703. The van der Waals surface area contributed by atoms with Crippen LogP contribution < -0.4 is 0 Å². The molecule has 0 aliphatic rings. The standard InChI is InChI=1S/C10H11BrS/c1-3-5-8(4-2)9-6-7-10(11)12-9/h1,6-8H,4-5H2,2H3. The Kier molecular flexibility index (Phi) is 3.84. The molecule has 0 aliphatic carbocycles. The van der Waals surface area contributed by atoms with Crippen LogP contribution >= 0.6 is 27.3 Å². The van der Waals surface area contributed by atoms with E-state index in [1.54, 1.807) is 11.3 Å². The van der Waals surface area contributed by atoms with Gasteiger partial charge in [-0.25, -0.2) is 0 Å². The van der Waals surface area contributed by atoms with E-state index in [0.717, 1.165) is 12.8 Å². The van der Waals surface area contributed by atoms with Gasteiger partial charge in [0.05, 0.1) is 3.79 Å². The summed E-state index contributed by atoms with van der Waals surface area (Å²) in [6.45, 7) is 2.18. The Morgan fingerprint density at radius 3 is 2.83 bits per heavy atom. The van der Waals surface area contributed by atoms with Crippen molar-refractivity contribution in [1.82, 2.24) is 0 Å². The van der Waals surface area contributed by atoms with Gasteiger partial charge >= 0.3 is 0 Å². The number of hydrogen-bond donors (Lipinski definition) is 0. The predicted octanol–water partition coefficient (Wildman–Crippen LogP) is 4.03. The lowest BCUT2D eigenvalue weighted by Crippen LogP contribution is -1.91. The molecular formula is C10H11BrS. The fraction of sp³-hybridized carbons (Fsp3) is 0.400. The molecule has 0 bridgehead atoms. The molecule has 0 spiro atoms. The molecule has 0 aromatic carbocycles. The van der Waals surface area contributed by atoms with Gasteiger partial charge in [0.25, 0.3) is 0 Å². The Morgan fingerprint density at radius 2 is 2.42 bits per heavy atom. The molecule has 1 aromatic heterocycles. The van der Waals surface area contributed by atoms with Crippen LogP contribution in [0.5, 0.6) is 0 Å². The number of hydrogen-bond acceptors (Lipinski definition) is 1. The van der Waals surface area contributed by atoms with Gasteiger partial charge in [0, 0.05) is 17.2 Å². The summed E-state index contributed by atoms with van der Waals surface area (Å²) in [6.07, 6.45) is 7.26. The summed E-state index contributed by atoms with van der Waals surface area (Å²) < 4.78 is 1.19. The number of thiophene rings is 1. The maximum atomic E-state index is 5.29. The second-order valence-electron chi connectivity index (χ2n) is 2.66. The topological polar surface area (TPSA) is 0 Å². The first-order valence-electron chi connectivity index (χ1n) is 3.96. The normalized spacial score (nSPS) is 12.4. The van der Waals surface area contributed by atoms with Crippen molar-refractivity contribution >= 4 is 27.3 Å². The average molecular weight is 243 g/mol. The highest BCUT2D eigenvalue weighted by Gasteiger charge is 2.09. The van der Waals surface area contributed by atoms with Crippen LogP contribution in [0.4, 0.5) is 0 Å². The van der Waals surface area contributed by atoms with Gasteiger partial charge in [-0.05, 0) is 34.5 Å². The maximum Gasteiger partial charge on any atom is 0.0701 e. The Hall–Kier alpha value is -0.260. The molecule has 0 aliphatic heterocycles. The van der Waals surface area contributed by atoms with Crippen LogP contribution in [0.3, 0.4) is 0 Å². The van der Waals surface area contributed by atoms with E-state index in [0.29, 0.717) is 5.92 Å². The first kappa shape index (κ1) is 9.83. The highest BCUT2D eigenvalue weighted by molar-refractivity contribution is 9.11. The molecule has 2 heteroatoms. The minimum atomic E-state index is 0.547. The minimum Gasteiger partial charge on any atom is -0.133 e. The van der Waals surface area contributed by atoms with Crippen LogP contribution in [-0.4, -0.2) is 0 Å². The average Bonchev–Trinajstić information content (AvgIpc) is 2.47. The zero-order chi connectivity index (χ0) is 8.97. The Labute approximate surface area is 86.1 Å². The minimum absolute atomic E-state index is 0.547. The summed E-state index contributed by atoms with van der Waals surface area (Å²) >= 11 is 5.23. The summed E-state index contributed by atoms with van der Waals surface area (Å²) in [5, 5.41) is 0. The molecule has 0 fully saturated rings. The van der Waals surface area contributed by atoms with Gasteiger partial charge in [0.15, 0.2) is 0 Å². The summed E-state index contributed by atoms with van der Waals surface area (Å²) in [5.41, 5.74) is 0. The Balaban J connectivity index is 2.74. The lowest BCUT2D eigenvalue weighted by Gasteiger charge is -2.07. The van der Waals surface area contributed by atoms with Gasteiger partial charge in [-0.1, -0.05) is 6.92 Å². The van der Waals surface area contributed by atoms with Crippen molar-refractivity contribution in [3.05, 3.63) is 20.8 Å². The fourth-order valence-corrected chi connectivity index (χ4v) is 2.74.